The number of amides is 1. The maximum absolute atomic E-state index is 11.6. The Morgan fingerprint density at radius 2 is 2.00 bits per heavy atom. The lowest BCUT2D eigenvalue weighted by molar-refractivity contribution is -0.130. The molecule has 14 heavy (non-hydrogen) atoms. The first-order chi connectivity index (χ1) is 6.61. The second-order valence-electron chi connectivity index (χ2n) is 4.01. The molecule has 0 aromatic heterocycles. The van der Waals surface area contributed by atoms with Crippen LogP contribution in [-0.2, 0) is 4.79 Å². The Balaban J connectivity index is 2.31. The predicted octanol–water partition coefficient (Wildman–Crippen LogP) is 0.948. The van der Waals surface area contributed by atoms with Crippen LogP contribution >= 0.6 is 11.8 Å². The van der Waals surface area contributed by atoms with Crippen molar-refractivity contribution in [2.45, 2.75) is 31.8 Å². The van der Waals surface area contributed by atoms with Crippen molar-refractivity contribution >= 4 is 17.7 Å². The molecule has 0 aromatic rings. The van der Waals surface area contributed by atoms with Crippen LogP contribution in [0.25, 0.3) is 0 Å². The van der Waals surface area contributed by atoms with Crippen molar-refractivity contribution in [3.8, 4) is 0 Å². The maximum Gasteiger partial charge on any atom is 0.238 e. The van der Waals surface area contributed by atoms with E-state index in [4.69, 9.17) is 0 Å². The van der Waals surface area contributed by atoms with Gasteiger partial charge in [0.15, 0.2) is 0 Å². The molecule has 0 radical (unpaired) electrons. The van der Waals surface area contributed by atoms with E-state index >= 15 is 0 Å². The van der Waals surface area contributed by atoms with Gasteiger partial charge in [-0.25, -0.2) is 0 Å². The Morgan fingerprint density at radius 3 is 2.50 bits per heavy atom. The number of nitrogens with one attached hydrogen (secondary N) is 1. The first-order valence-corrected chi connectivity index (χ1v) is 6.31. The highest BCUT2D eigenvalue weighted by molar-refractivity contribution is 7.99. The molecular weight excluding hydrogens is 196 g/mol. The number of hydrogen-bond donors (Lipinski definition) is 1. The van der Waals surface area contributed by atoms with Crippen molar-refractivity contribution in [3.63, 3.8) is 0 Å². The number of hydrogen-bond acceptors (Lipinski definition) is 3. The summed E-state index contributed by atoms with van der Waals surface area (Å²) in [7, 11) is 3.61. The summed E-state index contributed by atoms with van der Waals surface area (Å²) in [6.45, 7) is 1.95. The molecule has 3 nitrogen and oxygen atoms in total. The van der Waals surface area contributed by atoms with Crippen LogP contribution in [0, 0.1) is 0 Å². The van der Waals surface area contributed by atoms with Gasteiger partial charge in [-0.1, -0.05) is 0 Å². The lowest BCUT2D eigenvalue weighted by Gasteiger charge is -2.27. The zero-order chi connectivity index (χ0) is 10.6. The molecule has 0 bridgehead atoms. The molecular formula is C10H20N2OS. The lowest BCUT2D eigenvalue weighted by atomic mass is 10.1. The topological polar surface area (TPSA) is 32.3 Å². The van der Waals surface area contributed by atoms with Gasteiger partial charge in [0.05, 0.1) is 6.04 Å². The van der Waals surface area contributed by atoms with E-state index in [1.165, 1.54) is 24.3 Å². The number of nitrogens with zero attached hydrogens (tertiary/aromatic N) is 1. The Kier molecular flexibility index (Phi) is 4.75. The van der Waals surface area contributed by atoms with E-state index in [2.05, 4.69) is 5.32 Å². The molecule has 0 spiro atoms. The van der Waals surface area contributed by atoms with Crippen molar-refractivity contribution in [2.75, 3.05) is 25.6 Å². The average molecular weight is 216 g/mol. The van der Waals surface area contributed by atoms with E-state index in [0.717, 1.165) is 0 Å². The highest BCUT2D eigenvalue weighted by Gasteiger charge is 2.20. The summed E-state index contributed by atoms with van der Waals surface area (Å²) in [5.74, 6) is 2.62. The summed E-state index contributed by atoms with van der Waals surface area (Å²) in [4.78, 5) is 13.2. The van der Waals surface area contributed by atoms with E-state index in [1.54, 1.807) is 19.0 Å². The molecule has 1 fully saturated rings. The average Bonchev–Trinajstić information content (AvgIpc) is 2.18. The number of carbonyl (C=O) groups excluding carboxylic acids is 1. The van der Waals surface area contributed by atoms with Gasteiger partial charge in [-0.05, 0) is 31.3 Å². The second-order valence-corrected chi connectivity index (χ2v) is 5.23. The summed E-state index contributed by atoms with van der Waals surface area (Å²) in [6, 6.07) is 0.494. The monoisotopic (exact) mass is 216 g/mol. The first kappa shape index (κ1) is 11.9. The Hall–Kier alpha value is -0.220. The number of likely N-dealkylation sites (N-methyl/N-ethyl adjacent to an activating group) is 1. The lowest BCUT2D eigenvalue weighted by Crippen LogP contribution is -2.47. The van der Waals surface area contributed by atoms with Crippen LogP contribution in [0.4, 0.5) is 0 Å². The van der Waals surface area contributed by atoms with Crippen molar-refractivity contribution in [1.29, 1.82) is 0 Å². The summed E-state index contributed by atoms with van der Waals surface area (Å²) < 4.78 is 0. The van der Waals surface area contributed by atoms with Gasteiger partial charge in [0, 0.05) is 20.1 Å². The van der Waals surface area contributed by atoms with Crippen LogP contribution in [0.2, 0.25) is 0 Å². The van der Waals surface area contributed by atoms with Gasteiger partial charge in [-0.3, -0.25) is 4.79 Å². The fraction of sp³-hybridized carbons (Fsp3) is 0.900. The van der Waals surface area contributed by atoms with E-state index in [1.807, 2.05) is 18.7 Å². The molecule has 1 atom stereocenters. The second kappa shape index (κ2) is 5.61. The molecule has 1 aliphatic heterocycles. The SMILES string of the molecule is C[C@H](NC1CCSCC1)C(=O)N(C)C. The standard InChI is InChI=1S/C10H20N2OS/c1-8(10(13)12(2)3)11-9-4-6-14-7-5-9/h8-9,11H,4-7H2,1-3H3/t8-/m0/s1. The van der Waals surface area contributed by atoms with Gasteiger partial charge in [0.1, 0.15) is 0 Å². The largest absolute Gasteiger partial charge is 0.347 e. The quantitative estimate of drug-likeness (QED) is 0.762. The fourth-order valence-electron chi connectivity index (χ4n) is 1.68. The summed E-state index contributed by atoms with van der Waals surface area (Å²) in [5, 5.41) is 3.40. The molecule has 1 N–H and O–H groups in total. The van der Waals surface area contributed by atoms with Crippen molar-refractivity contribution in [3.05, 3.63) is 0 Å². The van der Waals surface area contributed by atoms with Crippen LogP contribution in [-0.4, -0.2) is 48.5 Å². The Morgan fingerprint density at radius 1 is 1.43 bits per heavy atom. The minimum absolute atomic E-state index is 0.0434. The third-order valence-corrected chi connectivity index (χ3v) is 3.57. The molecule has 1 rings (SSSR count). The molecule has 1 saturated heterocycles. The Bertz CT molecular complexity index is 191. The van der Waals surface area contributed by atoms with Crippen molar-refractivity contribution < 1.29 is 4.79 Å². The van der Waals surface area contributed by atoms with E-state index in [9.17, 15) is 4.79 Å². The highest BCUT2D eigenvalue weighted by atomic mass is 32.2. The van der Waals surface area contributed by atoms with Gasteiger partial charge in [-0.2, -0.15) is 11.8 Å². The van der Waals surface area contributed by atoms with E-state index in [-0.39, 0.29) is 11.9 Å². The molecule has 82 valence electrons. The van der Waals surface area contributed by atoms with Gasteiger partial charge >= 0.3 is 0 Å². The highest BCUT2D eigenvalue weighted by Crippen LogP contribution is 2.17. The van der Waals surface area contributed by atoms with Gasteiger partial charge in [-0.15, -0.1) is 0 Å². The van der Waals surface area contributed by atoms with Crippen molar-refractivity contribution in [1.82, 2.24) is 10.2 Å². The maximum atomic E-state index is 11.6. The number of rotatable bonds is 3. The predicted molar refractivity (Wildman–Crippen MR) is 61.6 cm³/mol. The smallest absolute Gasteiger partial charge is 0.238 e. The third kappa shape index (κ3) is 3.50. The summed E-state index contributed by atoms with van der Waals surface area (Å²) in [6.07, 6.45) is 2.38. The van der Waals surface area contributed by atoms with Crippen LogP contribution in [0.5, 0.6) is 0 Å². The first-order valence-electron chi connectivity index (χ1n) is 5.16. The van der Waals surface area contributed by atoms with Crippen molar-refractivity contribution in [2.24, 2.45) is 0 Å². The zero-order valence-corrected chi connectivity index (χ0v) is 10.1. The summed E-state index contributed by atoms with van der Waals surface area (Å²) in [5.41, 5.74) is 0. The Labute approximate surface area is 90.6 Å². The minimum atomic E-state index is -0.0434. The number of carbonyl (C=O) groups is 1. The van der Waals surface area contributed by atoms with E-state index < -0.39 is 0 Å². The molecule has 0 aliphatic carbocycles. The van der Waals surface area contributed by atoms with Crippen LogP contribution < -0.4 is 5.32 Å². The molecule has 1 amide bonds. The molecule has 4 heteroatoms. The molecule has 1 heterocycles. The zero-order valence-electron chi connectivity index (χ0n) is 9.25. The molecule has 0 aromatic carbocycles. The third-order valence-electron chi connectivity index (χ3n) is 2.52. The van der Waals surface area contributed by atoms with E-state index in [0.29, 0.717) is 6.04 Å². The molecule has 1 aliphatic rings. The van der Waals surface area contributed by atoms with Gasteiger partial charge < -0.3 is 10.2 Å². The number of thioether (sulfide) groups is 1. The van der Waals surface area contributed by atoms with Crippen LogP contribution in [0.3, 0.4) is 0 Å². The molecule has 0 unspecified atom stereocenters. The minimum Gasteiger partial charge on any atom is -0.347 e. The fourth-order valence-corrected chi connectivity index (χ4v) is 2.78. The van der Waals surface area contributed by atoms with Crippen LogP contribution in [0.15, 0.2) is 0 Å². The van der Waals surface area contributed by atoms with Gasteiger partial charge in [0.25, 0.3) is 0 Å². The summed E-state index contributed by atoms with van der Waals surface area (Å²) >= 11 is 2.01. The normalized spacial score (nSPS) is 20.5. The molecule has 0 saturated carbocycles. The van der Waals surface area contributed by atoms with Crippen LogP contribution in [0.1, 0.15) is 19.8 Å². The van der Waals surface area contributed by atoms with Gasteiger partial charge in [0.2, 0.25) is 5.91 Å².